The van der Waals surface area contributed by atoms with Gasteiger partial charge in [-0.1, -0.05) is 84.9 Å². The van der Waals surface area contributed by atoms with E-state index in [-0.39, 0.29) is 0 Å². The van der Waals surface area contributed by atoms with Gasteiger partial charge in [0.2, 0.25) is 0 Å². The molecule has 0 spiro atoms. The zero-order valence-electron chi connectivity index (χ0n) is 27.7. The van der Waals surface area contributed by atoms with Crippen molar-refractivity contribution in [3.8, 4) is 23.0 Å². The van der Waals surface area contributed by atoms with Crippen LogP contribution in [-0.2, 0) is 31.9 Å². The first-order chi connectivity index (χ1) is 23.2. The standard InChI is InChI=1S/C38H44N2O8/c1-25(45-33-21-13-11-19-31(33)43-3)29(23-27-15-7-5-8-16-27)35(39)47-37(41)38(42)48-36(40)30(24-28-17-9-6-10-18-28)26(2)46-34-22-14-12-20-32(34)44-4/h5-22,25-26,29-30,35-36H,23-24,39-40H2,1-4H3. The Morgan fingerprint density at radius 2 is 0.833 bits per heavy atom. The largest absolute Gasteiger partial charge is 0.493 e. The van der Waals surface area contributed by atoms with Crippen molar-refractivity contribution in [1.29, 1.82) is 0 Å². The van der Waals surface area contributed by atoms with Gasteiger partial charge in [0.25, 0.3) is 0 Å². The van der Waals surface area contributed by atoms with E-state index in [9.17, 15) is 9.59 Å². The van der Waals surface area contributed by atoms with Gasteiger partial charge in [-0.2, -0.15) is 0 Å². The Labute approximate surface area is 281 Å². The van der Waals surface area contributed by atoms with Crippen LogP contribution in [0.15, 0.2) is 109 Å². The highest BCUT2D eigenvalue weighted by molar-refractivity contribution is 6.29. The van der Waals surface area contributed by atoms with Crippen molar-refractivity contribution in [2.24, 2.45) is 23.3 Å². The average molecular weight is 657 g/mol. The molecular weight excluding hydrogens is 612 g/mol. The average Bonchev–Trinajstić information content (AvgIpc) is 3.10. The third kappa shape index (κ3) is 9.97. The molecule has 0 saturated heterocycles. The fourth-order valence-electron chi connectivity index (χ4n) is 5.40. The Morgan fingerprint density at radius 1 is 0.521 bits per heavy atom. The van der Waals surface area contributed by atoms with Gasteiger partial charge in [0, 0.05) is 0 Å². The lowest BCUT2D eigenvalue weighted by molar-refractivity contribution is -0.178. The first-order valence-electron chi connectivity index (χ1n) is 15.8. The number of carbonyl (C=O) groups is 2. The van der Waals surface area contributed by atoms with Gasteiger partial charge < -0.3 is 28.4 Å². The van der Waals surface area contributed by atoms with Crippen molar-refractivity contribution in [3.63, 3.8) is 0 Å². The van der Waals surface area contributed by atoms with Gasteiger partial charge in [0.1, 0.15) is 12.2 Å². The molecule has 6 unspecified atom stereocenters. The summed E-state index contributed by atoms with van der Waals surface area (Å²) in [7, 11) is 3.10. The Hall–Kier alpha value is -5.06. The Kier molecular flexibility index (Phi) is 13.2. The number of hydrogen-bond acceptors (Lipinski definition) is 10. The number of para-hydroxylation sites is 4. The lowest BCUT2D eigenvalue weighted by Crippen LogP contribution is -2.47. The van der Waals surface area contributed by atoms with Crippen molar-refractivity contribution in [1.82, 2.24) is 0 Å². The van der Waals surface area contributed by atoms with Crippen LogP contribution in [-0.4, -0.2) is 50.8 Å². The smallest absolute Gasteiger partial charge is 0.419 e. The lowest BCUT2D eigenvalue weighted by atomic mass is 9.93. The molecule has 10 nitrogen and oxygen atoms in total. The fraction of sp³-hybridized carbons (Fsp3) is 0.316. The van der Waals surface area contributed by atoms with Crippen LogP contribution in [0, 0.1) is 11.8 Å². The van der Waals surface area contributed by atoms with E-state index >= 15 is 0 Å². The molecule has 6 atom stereocenters. The maximum Gasteiger partial charge on any atom is 0.419 e. The van der Waals surface area contributed by atoms with Crippen LogP contribution in [0.2, 0.25) is 0 Å². The zero-order chi connectivity index (χ0) is 34.5. The maximum atomic E-state index is 13.1. The molecule has 0 aliphatic carbocycles. The minimum atomic E-state index is -1.27. The van der Waals surface area contributed by atoms with E-state index < -0.39 is 48.4 Å². The molecule has 4 N–H and O–H groups in total. The summed E-state index contributed by atoms with van der Waals surface area (Å²) < 4.78 is 34.3. The minimum absolute atomic E-state index is 0.400. The quantitative estimate of drug-likeness (QED) is 0.0926. The van der Waals surface area contributed by atoms with Gasteiger partial charge in [0.05, 0.1) is 26.1 Å². The topological polar surface area (TPSA) is 142 Å². The molecule has 0 bridgehead atoms. The lowest BCUT2D eigenvalue weighted by Gasteiger charge is -2.31. The summed E-state index contributed by atoms with van der Waals surface area (Å²) in [5, 5.41) is 0. The second kappa shape index (κ2) is 17.7. The number of methoxy groups -OCH3 is 2. The molecule has 0 saturated carbocycles. The summed E-state index contributed by atoms with van der Waals surface area (Å²) in [5.74, 6) is -1.55. The molecule has 4 rings (SSSR count). The predicted octanol–water partition coefficient (Wildman–Crippen LogP) is 5.31. The summed E-state index contributed by atoms with van der Waals surface area (Å²) in [6, 6.07) is 33.6. The second-order valence-corrected chi connectivity index (χ2v) is 11.4. The highest BCUT2D eigenvalue weighted by atomic mass is 16.6. The van der Waals surface area contributed by atoms with E-state index in [1.54, 1.807) is 38.5 Å². The predicted molar refractivity (Wildman–Crippen MR) is 182 cm³/mol. The first kappa shape index (κ1) is 35.8. The van der Waals surface area contributed by atoms with Crippen molar-refractivity contribution < 1.29 is 38.0 Å². The van der Waals surface area contributed by atoms with Gasteiger partial charge in [0.15, 0.2) is 35.5 Å². The van der Waals surface area contributed by atoms with E-state index in [2.05, 4.69) is 0 Å². The number of ether oxygens (including phenoxy) is 6. The highest BCUT2D eigenvalue weighted by Gasteiger charge is 2.35. The molecule has 10 heteroatoms. The van der Waals surface area contributed by atoms with E-state index in [1.807, 2.05) is 98.8 Å². The number of hydrogen-bond donors (Lipinski definition) is 2. The van der Waals surface area contributed by atoms with Crippen LogP contribution in [0.5, 0.6) is 23.0 Å². The molecule has 254 valence electrons. The number of esters is 2. The van der Waals surface area contributed by atoms with Crippen LogP contribution in [0.4, 0.5) is 0 Å². The summed E-state index contributed by atoms with van der Waals surface area (Å²) in [6.07, 6.45) is -2.75. The van der Waals surface area contributed by atoms with E-state index in [0.29, 0.717) is 35.8 Å². The first-order valence-corrected chi connectivity index (χ1v) is 15.8. The van der Waals surface area contributed by atoms with Gasteiger partial charge in [-0.3, -0.25) is 11.5 Å². The number of nitrogens with two attached hydrogens (primary N) is 2. The van der Waals surface area contributed by atoms with Gasteiger partial charge in [-0.05, 0) is 62.1 Å². The Balaban J connectivity index is 1.47. The third-order valence-corrected chi connectivity index (χ3v) is 8.10. The molecule has 0 amide bonds. The number of benzene rings is 4. The molecule has 0 aromatic heterocycles. The normalized spacial score (nSPS) is 14.7. The van der Waals surface area contributed by atoms with Crippen LogP contribution in [0.25, 0.3) is 0 Å². The summed E-state index contributed by atoms with van der Waals surface area (Å²) in [5.41, 5.74) is 14.8. The van der Waals surface area contributed by atoms with Crippen LogP contribution < -0.4 is 30.4 Å². The highest BCUT2D eigenvalue weighted by Crippen LogP contribution is 2.31. The molecule has 0 fully saturated rings. The van der Waals surface area contributed by atoms with Gasteiger partial charge >= 0.3 is 11.9 Å². The van der Waals surface area contributed by atoms with E-state index in [1.165, 1.54) is 0 Å². The van der Waals surface area contributed by atoms with Crippen LogP contribution in [0.3, 0.4) is 0 Å². The Morgan fingerprint density at radius 3 is 1.17 bits per heavy atom. The van der Waals surface area contributed by atoms with Crippen molar-refractivity contribution in [3.05, 3.63) is 120 Å². The minimum Gasteiger partial charge on any atom is -0.493 e. The fourth-order valence-corrected chi connectivity index (χ4v) is 5.40. The molecular formula is C38H44N2O8. The third-order valence-electron chi connectivity index (χ3n) is 8.10. The maximum absolute atomic E-state index is 13.1. The summed E-state index contributed by atoms with van der Waals surface area (Å²) in [4.78, 5) is 26.2. The van der Waals surface area contributed by atoms with Crippen LogP contribution in [0.1, 0.15) is 25.0 Å². The van der Waals surface area contributed by atoms with Gasteiger partial charge in [-0.15, -0.1) is 0 Å². The number of rotatable bonds is 16. The molecule has 48 heavy (non-hydrogen) atoms. The van der Waals surface area contributed by atoms with Gasteiger partial charge in [-0.25, -0.2) is 9.59 Å². The van der Waals surface area contributed by atoms with Crippen molar-refractivity contribution in [2.45, 2.75) is 51.4 Å². The monoisotopic (exact) mass is 656 g/mol. The molecule has 4 aromatic rings. The van der Waals surface area contributed by atoms with E-state index in [4.69, 9.17) is 39.9 Å². The molecule has 4 aromatic carbocycles. The SMILES string of the molecule is COc1ccccc1OC(C)C(Cc1ccccc1)C(N)OC(=O)C(=O)OC(N)C(Cc1ccccc1)C(C)Oc1ccccc1OC. The summed E-state index contributed by atoms with van der Waals surface area (Å²) >= 11 is 0. The zero-order valence-corrected chi connectivity index (χ0v) is 27.7. The number of carbonyl (C=O) groups excluding carboxylic acids is 2. The van der Waals surface area contributed by atoms with Crippen molar-refractivity contribution >= 4 is 11.9 Å². The molecule has 0 heterocycles. The second-order valence-electron chi connectivity index (χ2n) is 11.4. The van der Waals surface area contributed by atoms with Crippen LogP contribution >= 0.6 is 0 Å². The van der Waals surface area contributed by atoms with Crippen molar-refractivity contribution in [2.75, 3.05) is 14.2 Å². The van der Waals surface area contributed by atoms with E-state index in [0.717, 1.165) is 11.1 Å². The molecule has 0 aliphatic rings. The Bertz CT molecular complexity index is 1470. The summed E-state index contributed by atoms with van der Waals surface area (Å²) in [6.45, 7) is 3.64. The molecule has 0 aliphatic heterocycles. The molecule has 0 radical (unpaired) electrons.